The van der Waals surface area contributed by atoms with Crippen molar-refractivity contribution in [1.82, 2.24) is 15.1 Å². The Morgan fingerprint density at radius 1 is 1.20 bits per heavy atom. The van der Waals surface area contributed by atoms with Crippen LogP contribution in [0.15, 0.2) is 0 Å². The normalized spacial score (nSPS) is 28.6. The zero-order valence-electron chi connectivity index (χ0n) is 14.0. The van der Waals surface area contributed by atoms with E-state index in [9.17, 15) is 0 Å². The number of hydrogen-bond donors (Lipinski definition) is 1. The molecule has 3 nitrogen and oxygen atoms in total. The van der Waals surface area contributed by atoms with Gasteiger partial charge in [-0.2, -0.15) is 5.10 Å². The van der Waals surface area contributed by atoms with E-state index < -0.39 is 0 Å². The Kier molecular flexibility index (Phi) is 4.90. The molecule has 0 radical (unpaired) electrons. The van der Waals surface area contributed by atoms with E-state index in [1.54, 1.807) is 0 Å². The lowest BCUT2D eigenvalue weighted by Gasteiger charge is -2.34. The minimum absolute atomic E-state index is 0.401. The monoisotopic (exact) mass is 277 g/mol. The number of aromatic nitrogens is 2. The first-order valence-corrected chi connectivity index (χ1v) is 8.22. The van der Waals surface area contributed by atoms with Gasteiger partial charge in [0.1, 0.15) is 0 Å². The fourth-order valence-electron chi connectivity index (χ4n) is 4.17. The lowest BCUT2D eigenvalue weighted by atomic mass is 9.80. The largest absolute Gasteiger partial charge is 0.307 e. The third-order valence-corrected chi connectivity index (χ3v) is 4.83. The van der Waals surface area contributed by atoms with Crippen LogP contribution in [0.25, 0.3) is 0 Å². The van der Waals surface area contributed by atoms with Crippen molar-refractivity contribution in [2.24, 2.45) is 11.8 Å². The van der Waals surface area contributed by atoms with Crippen molar-refractivity contribution in [3.8, 4) is 0 Å². The Morgan fingerprint density at radius 3 is 2.30 bits per heavy atom. The summed E-state index contributed by atoms with van der Waals surface area (Å²) in [7, 11) is 0. The van der Waals surface area contributed by atoms with Crippen LogP contribution < -0.4 is 5.32 Å². The molecule has 0 aromatic carbocycles. The summed E-state index contributed by atoms with van der Waals surface area (Å²) in [5, 5.41) is 8.51. The van der Waals surface area contributed by atoms with E-state index in [2.05, 4.69) is 56.6 Å². The Labute approximate surface area is 124 Å². The average molecular weight is 277 g/mol. The van der Waals surface area contributed by atoms with Gasteiger partial charge in [0.15, 0.2) is 0 Å². The van der Waals surface area contributed by atoms with E-state index in [-0.39, 0.29) is 0 Å². The molecular weight excluding hydrogens is 246 g/mol. The highest BCUT2D eigenvalue weighted by atomic mass is 15.3. The van der Waals surface area contributed by atoms with Crippen LogP contribution in [0.3, 0.4) is 0 Å². The van der Waals surface area contributed by atoms with Crippen molar-refractivity contribution >= 4 is 0 Å². The van der Waals surface area contributed by atoms with Crippen LogP contribution in [0, 0.1) is 25.7 Å². The van der Waals surface area contributed by atoms with Gasteiger partial charge in [-0.1, -0.05) is 13.8 Å². The second-order valence-corrected chi connectivity index (χ2v) is 6.90. The Bertz CT molecular complexity index is 439. The summed E-state index contributed by atoms with van der Waals surface area (Å²) in [4.78, 5) is 0. The molecule has 20 heavy (non-hydrogen) atoms. The van der Waals surface area contributed by atoms with Crippen LogP contribution in [0.2, 0.25) is 0 Å². The van der Waals surface area contributed by atoms with Crippen molar-refractivity contribution in [2.45, 2.75) is 79.4 Å². The molecule has 3 heteroatoms. The van der Waals surface area contributed by atoms with Crippen LogP contribution >= 0.6 is 0 Å². The predicted octanol–water partition coefficient (Wildman–Crippen LogP) is 4.00. The fraction of sp³-hybridized carbons (Fsp3) is 0.824. The number of nitrogens with one attached hydrogen (secondary N) is 1. The van der Waals surface area contributed by atoms with Gasteiger partial charge in [-0.25, -0.2) is 0 Å². The highest BCUT2D eigenvalue weighted by Gasteiger charge is 2.26. The molecule has 0 aliphatic heterocycles. The van der Waals surface area contributed by atoms with Crippen LogP contribution in [-0.2, 0) is 6.54 Å². The van der Waals surface area contributed by atoms with Gasteiger partial charge >= 0.3 is 0 Å². The molecule has 1 aliphatic carbocycles. The van der Waals surface area contributed by atoms with Gasteiger partial charge < -0.3 is 5.32 Å². The summed E-state index contributed by atoms with van der Waals surface area (Å²) in [5.41, 5.74) is 3.90. The first-order valence-electron chi connectivity index (χ1n) is 8.22. The second-order valence-electron chi connectivity index (χ2n) is 6.90. The van der Waals surface area contributed by atoms with Crippen molar-refractivity contribution in [1.29, 1.82) is 0 Å². The van der Waals surface area contributed by atoms with E-state index in [0.717, 1.165) is 18.4 Å². The molecule has 0 bridgehead atoms. The molecule has 1 aromatic rings. The van der Waals surface area contributed by atoms with Crippen LogP contribution in [0.4, 0.5) is 0 Å². The summed E-state index contributed by atoms with van der Waals surface area (Å²) < 4.78 is 2.12. The third-order valence-electron chi connectivity index (χ3n) is 4.83. The SMILES string of the molecule is CCn1nc(C)c(C(C)NC2CC(C)CC(C)C2)c1C. The lowest BCUT2D eigenvalue weighted by Crippen LogP contribution is -2.38. The number of rotatable bonds is 4. The summed E-state index contributed by atoms with van der Waals surface area (Å²) in [6.45, 7) is 14.5. The fourth-order valence-corrected chi connectivity index (χ4v) is 4.17. The molecule has 0 spiro atoms. The zero-order chi connectivity index (χ0) is 14.9. The molecule has 0 amide bonds. The van der Waals surface area contributed by atoms with Gasteiger partial charge in [-0.05, 0) is 58.8 Å². The standard InChI is InChI=1S/C17H31N3/c1-7-20-15(6)17(14(5)19-20)13(4)18-16-9-11(2)8-12(3)10-16/h11-13,16,18H,7-10H2,1-6H3. The quantitative estimate of drug-likeness (QED) is 0.901. The average Bonchev–Trinajstić information content (AvgIpc) is 2.62. The predicted molar refractivity (Wildman–Crippen MR) is 84.9 cm³/mol. The van der Waals surface area contributed by atoms with Gasteiger partial charge in [0.05, 0.1) is 5.69 Å². The minimum atomic E-state index is 0.401. The minimum Gasteiger partial charge on any atom is -0.307 e. The van der Waals surface area contributed by atoms with Crippen LogP contribution in [0.1, 0.15) is 70.0 Å². The van der Waals surface area contributed by atoms with Crippen molar-refractivity contribution in [3.63, 3.8) is 0 Å². The third kappa shape index (κ3) is 3.25. The summed E-state index contributed by atoms with van der Waals surface area (Å²) in [5.74, 6) is 1.70. The molecular formula is C17H31N3. The maximum atomic E-state index is 4.65. The van der Waals surface area contributed by atoms with Crippen LogP contribution in [-0.4, -0.2) is 15.8 Å². The summed E-state index contributed by atoms with van der Waals surface area (Å²) in [6, 6.07) is 1.06. The van der Waals surface area contributed by atoms with Crippen molar-refractivity contribution in [2.75, 3.05) is 0 Å². The number of aryl methyl sites for hydroxylation is 2. The first-order chi connectivity index (χ1) is 9.42. The van der Waals surface area contributed by atoms with E-state index >= 15 is 0 Å². The zero-order valence-corrected chi connectivity index (χ0v) is 14.0. The van der Waals surface area contributed by atoms with Crippen molar-refractivity contribution in [3.05, 3.63) is 17.0 Å². The number of hydrogen-bond acceptors (Lipinski definition) is 2. The topological polar surface area (TPSA) is 29.9 Å². The molecule has 0 saturated heterocycles. The van der Waals surface area contributed by atoms with E-state index in [1.807, 2.05) is 0 Å². The Hall–Kier alpha value is -0.830. The van der Waals surface area contributed by atoms with E-state index in [0.29, 0.717) is 12.1 Å². The van der Waals surface area contributed by atoms with Crippen molar-refractivity contribution < 1.29 is 0 Å². The van der Waals surface area contributed by atoms with Gasteiger partial charge in [0, 0.05) is 29.9 Å². The number of nitrogens with zero attached hydrogens (tertiary/aromatic N) is 2. The Balaban J connectivity index is 2.08. The maximum absolute atomic E-state index is 4.65. The van der Waals surface area contributed by atoms with Gasteiger partial charge in [-0.3, -0.25) is 4.68 Å². The van der Waals surface area contributed by atoms with E-state index in [4.69, 9.17) is 0 Å². The molecule has 1 N–H and O–H groups in total. The molecule has 1 aliphatic rings. The molecule has 1 heterocycles. The van der Waals surface area contributed by atoms with Gasteiger partial charge in [0.2, 0.25) is 0 Å². The summed E-state index contributed by atoms with van der Waals surface area (Å²) >= 11 is 0. The smallest absolute Gasteiger partial charge is 0.0644 e. The summed E-state index contributed by atoms with van der Waals surface area (Å²) in [6.07, 6.45) is 4.02. The molecule has 1 saturated carbocycles. The highest BCUT2D eigenvalue weighted by Crippen LogP contribution is 2.31. The van der Waals surface area contributed by atoms with Gasteiger partial charge in [0.25, 0.3) is 0 Å². The molecule has 3 unspecified atom stereocenters. The second kappa shape index (κ2) is 6.30. The highest BCUT2D eigenvalue weighted by molar-refractivity contribution is 5.28. The lowest BCUT2D eigenvalue weighted by molar-refractivity contribution is 0.228. The first kappa shape index (κ1) is 15.6. The maximum Gasteiger partial charge on any atom is 0.0644 e. The molecule has 114 valence electrons. The molecule has 1 aromatic heterocycles. The van der Waals surface area contributed by atoms with Crippen LogP contribution in [0.5, 0.6) is 0 Å². The molecule has 1 fully saturated rings. The Morgan fingerprint density at radius 2 is 1.80 bits per heavy atom. The molecule has 2 rings (SSSR count). The molecule has 3 atom stereocenters. The van der Waals surface area contributed by atoms with Gasteiger partial charge in [-0.15, -0.1) is 0 Å². The van der Waals surface area contributed by atoms with E-state index in [1.165, 1.54) is 36.2 Å².